The lowest BCUT2D eigenvalue weighted by Gasteiger charge is -2.02. The van der Waals surface area contributed by atoms with Crippen molar-refractivity contribution in [3.05, 3.63) is 12.2 Å². The third-order valence-electron chi connectivity index (χ3n) is 1.60. The summed E-state index contributed by atoms with van der Waals surface area (Å²) in [6.07, 6.45) is 0.152. The second-order valence-corrected chi connectivity index (χ2v) is 2.47. The van der Waals surface area contributed by atoms with Gasteiger partial charge in [-0.25, -0.2) is 0 Å². The van der Waals surface area contributed by atoms with E-state index >= 15 is 0 Å². The highest BCUT2D eigenvalue weighted by Gasteiger charge is 2.21. The topological polar surface area (TPSA) is 46.5 Å². The Hall–Kier alpha value is -0.830. The van der Waals surface area contributed by atoms with Gasteiger partial charge in [0.05, 0.1) is 19.6 Å². The molecule has 0 amide bonds. The second kappa shape index (κ2) is 2.84. The van der Waals surface area contributed by atoms with Gasteiger partial charge < -0.3 is 9.84 Å². The molecular formula is C7H10O3. The molecule has 1 atom stereocenters. The van der Waals surface area contributed by atoms with Gasteiger partial charge in [-0.1, -0.05) is 6.58 Å². The first kappa shape index (κ1) is 7.28. The fraction of sp³-hybridized carbons (Fsp3) is 0.571. The predicted molar refractivity (Wildman–Crippen MR) is 35.7 cm³/mol. The Bertz CT molecular complexity index is 162. The Morgan fingerprint density at radius 2 is 2.60 bits per heavy atom. The van der Waals surface area contributed by atoms with Crippen LogP contribution in [0.5, 0.6) is 0 Å². The maximum Gasteiger partial charge on any atom is 0.304 e. The SMILES string of the molecule is C=C1COCC1CC(=O)O. The van der Waals surface area contributed by atoms with Crippen LogP contribution < -0.4 is 0 Å². The van der Waals surface area contributed by atoms with Crippen LogP contribution in [-0.2, 0) is 9.53 Å². The smallest absolute Gasteiger partial charge is 0.304 e. The molecule has 0 aromatic heterocycles. The fourth-order valence-corrected chi connectivity index (χ4v) is 0.982. The molecule has 1 saturated heterocycles. The molecule has 0 bridgehead atoms. The van der Waals surface area contributed by atoms with Crippen molar-refractivity contribution in [1.82, 2.24) is 0 Å². The number of hydrogen-bond donors (Lipinski definition) is 1. The molecule has 0 aromatic carbocycles. The molecule has 3 heteroatoms. The average molecular weight is 142 g/mol. The van der Waals surface area contributed by atoms with Crippen LogP contribution in [0.25, 0.3) is 0 Å². The minimum atomic E-state index is -0.781. The van der Waals surface area contributed by atoms with E-state index in [1.54, 1.807) is 0 Å². The lowest BCUT2D eigenvalue weighted by atomic mass is 10.0. The molecule has 56 valence electrons. The van der Waals surface area contributed by atoms with Crippen LogP contribution >= 0.6 is 0 Å². The normalized spacial score (nSPS) is 25.2. The molecule has 1 heterocycles. The van der Waals surface area contributed by atoms with E-state index in [9.17, 15) is 4.79 Å². The maximum atomic E-state index is 10.2. The first-order valence-electron chi connectivity index (χ1n) is 3.17. The van der Waals surface area contributed by atoms with Crippen LogP contribution in [-0.4, -0.2) is 24.3 Å². The zero-order valence-corrected chi connectivity index (χ0v) is 5.67. The van der Waals surface area contributed by atoms with Crippen molar-refractivity contribution in [2.24, 2.45) is 5.92 Å². The van der Waals surface area contributed by atoms with E-state index in [0.29, 0.717) is 13.2 Å². The summed E-state index contributed by atoms with van der Waals surface area (Å²) < 4.78 is 5.01. The molecule has 0 spiro atoms. The van der Waals surface area contributed by atoms with Gasteiger partial charge in [-0.05, 0) is 5.57 Å². The number of aliphatic carboxylic acids is 1. The van der Waals surface area contributed by atoms with Gasteiger partial charge in [-0.2, -0.15) is 0 Å². The number of carboxylic acid groups (broad SMARTS) is 1. The Morgan fingerprint density at radius 3 is 3.00 bits per heavy atom. The minimum Gasteiger partial charge on any atom is -0.481 e. The molecule has 3 nitrogen and oxygen atoms in total. The zero-order chi connectivity index (χ0) is 7.56. The molecule has 1 aliphatic heterocycles. The Morgan fingerprint density at radius 1 is 1.90 bits per heavy atom. The van der Waals surface area contributed by atoms with Crippen molar-refractivity contribution in [2.45, 2.75) is 6.42 Å². The van der Waals surface area contributed by atoms with Gasteiger partial charge in [0.2, 0.25) is 0 Å². The summed E-state index contributed by atoms with van der Waals surface area (Å²) in [6, 6.07) is 0. The summed E-state index contributed by atoms with van der Waals surface area (Å²) in [4.78, 5) is 10.2. The Kier molecular flexibility index (Phi) is 2.06. The van der Waals surface area contributed by atoms with Crippen molar-refractivity contribution in [3.63, 3.8) is 0 Å². The summed E-state index contributed by atoms with van der Waals surface area (Å²) >= 11 is 0. The van der Waals surface area contributed by atoms with Crippen LogP contribution in [0, 0.1) is 5.92 Å². The van der Waals surface area contributed by atoms with Crippen LogP contribution in [0.3, 0.4) is 0 Å². The van der Waals surface area contributed by atoms with Gasteiger partial charge in [-0.3, -0.25) is 4.79 Å². The van der Waals surface area contributed by atoms with Crippen molar-refractivity contribution >= 4 is 5.97 Å². The minimum absolute atomic E-state index is 0.0394. The van der Waals surface area contributed by atoms with Gasteiger partial charge in [0.15, 0.2) is 0 Å². The summed E-state index contributed by atoms with van der Waals surface area (Å²) in [5.41, 5.74) is 0.905. The Labute approximate surface area is 59.3 Å². The summed E-state index contributed by atoms with van der Waals surface area (Å²) in [5.74, 6) is -0.742. The van der Waals surface area contributed by atoms with Crippen LogP contribution in [0.15, 0.2) is 12.2 Å². The highest BCUT2D eigenvalue weighted by Crippen LogP contribution is 2.20. The molecular weight excluding hydrogens is 132 g/mol. The number of carboxylic acids is 1. The number of rotatable bonds is 2. The van der Waals surface area contributed by atoms with Gasteiger partial charge in [0, 0.05) is 5.92 Å². The number of carbonyl (C=O) groups is 1. The number of hydrogen-bond acceptors (Lipinski definition) is 2. The lowest BCUT2D eigenvalue weighted by Crippen LogP contribution is -2.08. The van der Waals surface area contributed by atoms with E-state index in [1.807, 2.05) is 0 Å². The van der Waals surface area contributed by atoms with Crippen LogP contribution in [0.4, 0.5) is 0 Å². The first-order valence-corrected chi connectivity index (χ1v) is 3.17. The molecule has 10 heavy (non-hydrogen) atoms. The van der Waals surface area contributed by atoms with Crippen LogP contribution in [0.2, 0.25) is 0 Å². The highest BCUT2D eigenvalue weighted by molar-refractivity contribution is 5.67. The molecule has 1 fully saturated rings. The molecule has 0 radical (unpaired) electrons. The third kappa shape index (κ3) is 1.57. The Balaban J connectivity index is 2.40. The second-order valence-electron chi connectivity index (χ2n) is 2.47. The third-order valence-corrected chi connectivity index (χ3v) is 1.60. The van der Waals surface area contributed by atoms with Crippen LogP contribution in [0.1, 0.15) is 6.42 Å². The van der Waals surface area contributed by atoms with Gasteiger partial charge >= 0.3 is 5.97 Å². The van der Waals surface area contributed by atoms with E-state index in [2.05, 4.69) is 6.58 Å². The molecule has 1 N–H and O–H groups in total. The molecule has 0 aromatic rings. The predicted octanol–water partition coefficient (Wildman–Crippen LogP) is 0.664. The molecule has 0 saturated carbocycles. The lowest BCUT2D eigenvalue weighted by molar-refractivity contribution is -0.137. The van der Waals surface area contributed by atoms with E-state index in [0.717, 1.165) is 5.57 Å². The molecule has 1 aliphatic rings. The van der Waals surface area contributed by atoms with Crippen molar-refractivity contribution in [1.29, 1.82) is 0 Å². The van der Waals surface area contributed by atoms with Gasteiger partial charge in [0.25, 0.3) is 0 Å². The fourth-order valence-electron chi connectivity index (χ4n) is 0.982. The maximum absolute atomic E-state index is 10.2. The van der Waals surface area contributed by atoms with E-state index in [-0.39, 0.29) is 12.3 Å². The van der Waals surface area contributed by atoms with E-state index < -0.39 is 5.97 Å². The average Bonchev–Trinajstić information content (AvgIpc) is 2.15. The van der Waals surface area contributed by atoms with E-state index in [1.165, 1.54) is 0 Å². The summed E-state index contributed by atoms with van der Waals surface area (Å²) in [6.45, 7) is 4.75. The highest BCUT2D eigenvalue weighted by atomic mass is 16.5. The number of ether oxygens (including phenoxy) is 1. The monoisotopic (exact) mass is 142 g/mol. The van der Waals surface area contributed by atoms with Crippen molar-refractivity contribution in [2.75, 3.05) is 13.2 Å². The largest absolute Gasteiger partial charge is 0.481 e. The van der Waals surface area contributed by atoms with Gasteiger partial charge in [0.1, 0.15) is 0 Å². The molecule has 1 unspecified atom stereocenters. The quantitative estimate of drug-likeness (QED) is 0.576. The summed E-state index contributed by atoms with van der Waals surface area (Å²) in [5, 5.41) is 8.40. The van der Waals surface area contributed by atoms with Crippen molar-refractivity contribution in [3.8, 4) is 0 Å². The first-order chi connectivity index (χ1) is 4.70. The molecule has 1 rings (SSSR count). The molecule has 0 aliphatic carbocycles. The van der Waals surface area contributed by atoms with Crippen molar-refractivity contribution < 1.29 is 14.6 Å². The zero-order valence-electron chi connectivity index (χ0n) is 5.67. The van der Waals surface area contributed by atoms with Gasteiger partial charge in [-0.15, -0.1) is 0 Å². The summed E-state index contributed by atoms with van der Waals surface area (Å²) in [7, 11) is 0. The standard InChI is InChI=1S/C7H10O3/c1-5-3-10-4-6(5)2-7(8)9/h6H,1-4H2,(H,8,9). The van der Waals surface area contributed by atoms with E-state index in [4.69, 9.17) is 9.84 Å².